The van der Waals surface area contributed by atoms with Gasteiger partial charge in [-0.05, 0) is 62.4 Å². The van der Waals surface area contributed by atoms with Crippen molar-refractivity contribution in [1.82, 2.24) is 15.2 Å². The molecule has 0 aliphatic carbocycles. The van der Waals surface area contributed by atoms with Crippen molar-refractivity contribution < 1.29 is 13.8 Å². The highest BCUT2D eigenvalue weighted by Crippen LogP contribution is 2.31. The molecule has 0 saturated carbocycles. The van der Waals surface area contributed by atoms with Gasteiger partial charge < -0.3 is 9.47 Å². The predicted octanol–water partition coefficient (Wildman–Crippen LogP) is 5.47. The highest BCUT2D eigenvalue weighted by Gasteiger charge is 2.11. The van der Waals surface area contributed by atoms with Gasteiger partial charge in [-0.15, -0.1) is 0 Å². The normalized spacial score (nSPS) is 11.1. The number of benzene rings is 2. The van der Waals surface area contributed by atoms with Crippen LogP contribution in [0.25, 0.3) is 22.2 Å². The van der Waals surface area contributed by atoms with Crippen LogP contribution in [-0.2, 0) is 4.28 Å². The van der Waals surface area contributed by atoms with E-state index in [-0.39, 0.29) is 6.10 Å². The summed E-state index contributed by atoms with van der Waals surface area (Å²) in [6, 6.07) is 17.3. The third-order valence-electron chi connectivity index (χ3n) is 4.26. The van der Waals surface area contributed by atoms with Crippen molar-refractivity contribution in [2.24, 2.45) is 0 Å². The highest BCUT2D eigenvalue weighted by atomic mass is 32.2. The molecule has 2 aromatic carbocycles. The number of H-pyrrole nitrogens is 1. The van der Waals surface area contributed by atoms with E-state index in [1.54, 1.807) is 13.3 Å². The molecule has 7 nitrogen and oxygen atoms in total. The van der Waals surface area contributed by atoms with Crippen LogP contribution in [-0.4, -0.2) is 28.4 Å². The molecule has 8 heteroatoms. The molecule has 2 heterocycles. The number of aromatic nitrogens is 3. The standard InChI is InChI=1S/C22H22N4O3S/c1-14(2)28-17-7-8-20-19(13-17)22(25-24-20)15-9-10-23-21(11-15)26-29-30-18-6-4-5-16(12-18)27-3/h4-14H,1-3H3,(H,23,26)(H,24,25). The van der Waals surface area contributed by atoms with Gasteiger partial charge in [-0.1, -0.05) is 6.07 Å². The molecule has 0 atom stereocenters. The lowest BCUT2D eigenvalue weighted by Gasteiger charge is -2.09. The van der Waals surface area contributed by atoms with Gasteiger partial charge in [-0.25, -0.2) is 10.5 Å². The van der Waals surface area contributed by atoms with Crippen LogP contribution in [0.4, 0.5) is 5.82 Å². The number of ether oxygens (including phenoxy) is 2. The lowest BCUT2D eigenvalue weighted by atomic mass is 10.1. The zero-order chi connectivity index (χ0) is 20.9. The van der Waals surface area contributed by atoms with E-state index in [4.69, 9.17) is 13.8 Å². The molecule has 0 saturated heterocycles. The molecular weight excluding hydrogens is 400 g/mol. The Hall–Kier alpha value is -3.23. The second-order valence-corrected chi connectivity index (χ2v) is 7.63. The maximum atomic E-state index is 5.82. The van der Waals surface area contributed by atoms with Gasteiger partial charge in [0.15, 0.2) is 5.82 Å². The van der Waals surface area contributed by atoms with Gasteiger partial charge in [-0.3, -0.25) is 5.10 Å². The molecule has 154 valence electrons. The molecule has 4 aromatic rings. The van der Waals surface area contributed by atoms with Crippen LogP contribution in [0.5, 0.6) is 11.5 Å². The number of aromatic amines is 1. The lowest BCUT2D eigenvalue weighted by Crippen LogP contribution is -2.05. The number of pyridine rings is 1. The largest absolute Gasteiger partial charge is 0.497 e. The molecular formula is C22H22N4O3S. The second-order valence-electron chi connectivity index (χ2n) is 6.82. The Morgan fingerprint density at radius 1 is 1.03 bits per heavy atom. The third kappa shape index (κ3) is 4.67. The summed E-state index contributed by atoms with van der Waals surface area (Å²) in [4.78, 5) is 5.23. The van der Waals surface area contributed by atoms with Crippen molar-refractivity contribution in [2.75, 3.05) is 12.6 Å². The van der Waals surface area contributed by atoms with E-state index in [1.165, 1.54) is 12.0 Å². The number of methoxy groups -OCH3 is 1. The van der Waals surface area contributed by atoms with Gasteiger partial charge in [0, 0.05) is 22.0 Å². The van der Waals surface area contributed by atoms with Gasteiger partial charge >= 0.3 is 0 Å². The first-order chi connectivity index (χ1) is 14.6. The van der Waals surface area contributed by atoms with E-state index >= 15 is 0 Å². The van der Waals surface area contributed by atoms with Crippen molar-refractivity contribution in [3.63, 3.8) is 0 Å². The molecule has 30 heavy (non-hydrogen) atoms. The van der Waals surface area contributed by atoms with Crippen LogP contribution in [0.3, 0.4) is 0 Å². The van der Waals surface area contributed by atoms with Crippen LogP contribution in [0.15, 0.2) is 65.7 Å². The Kier molecular flexibility index (Phi) is 6.06. The van der Waals surface area contributed by atoms with Crippen molar-refractivity contribution in [2.45, 2.75) is 24.8 Å². The molecule has 0 unspecified atom stereocenters. The maximum absolute atomic E-state index is 5.82. The number of nitrogens with zero attached hydrogens (tertiary/aromatic N) is 2. The number of anilines is 1. The fourth-order valence-electron chi connectivity index (χ4n) is 2.96. The number of hydrogen-bond acceptors (Lipinski definition) is 7. The fourth-order valence-corrected chi connectivity index (χ4v) is 3.48. The van der Waals surface area contributed by atoms with Gasteiger partial charge in [0.05, 0.1) is 30.8 Å². The van der Waals surface area contributed by atoms with Gasteiger partial charge in [0.1, 0.15) is 17.2 Å². The molecule has 0 amide bonds. The molecule has 2 aromatic heterocycles. The van der Waals surface area contributed by atoms with Gasteiger partial charge in [0.25, 0.3) is 0 Å². The summed E-state index contributed by atoms with van der Waals surface area (Å²) in [6.45, 7) is 4.01. The average molecular weight is 423 g/mol. The van der Waals surface area contributed by atoms with Crippen LogP contribution in [0.2, 0.25) is 0 Å². The molecule has 2 N–H and O–H groups in total. The zero-order valence-corrected chi connectivity index (χ0v) is 17.7. The van der Waals surface area contributed by atoms with Crippen LogP contribution in [0.1, 0.15) is 13.8 Å². The van der Waals surface area contributed by atoms with Crippen LogP contribution >= 0.6 is 12.0 Å². The number of hydrogen-bond donors (Lipinski definition) is 2. The lowest BCUT2D eigenvalue weighted by molar-refractivity contribution is 0.243. The Bertz CT molecular complexity index is 1150. The number of fused-ring (bicyclic) bond motifs is 1. The van der Waals surface area contributed by atoms with E-state index in [1.807, 2.05) is 68.4 Å². The minimum absolute atomic E-state index is 0.105. The van der Waals surface area contributed by atoms with E-state index < -0.39 is 0 Å². The average Bonchev–Trinajstić information content (AvgIpc) is 3.17. The number of nitrogens with one attached hydrogen (secondary N) is 2. The van der Waals surface area contributed by atoms with Crippen molar-refractivity contribution >= 4 is 28.8 Å². The molecule has 0 bridgehead atoms. The smallest absolute Gasteiger partial charge is 0.151 e. The highest BCUT2D eigenvalue weighted by molar-refractivity contribution is 7.94. The summed E-state index contributed by atoms with van der Waals surface area (Å²) in [5.41, 5.74) is 5.55. The summed E-state index contributed by atoms with van der Waals surface area (Å²) in [5.74, 6) is 2.16. The summed E-state index contributed by atoms with van der Waals surface area (Å²) >= 11 is 1.19. The summed E-state index contributed by atoms with van der Waals surface area (Å²) in [6.07, 6.45) is 1.82. The molecule has 0 aliphatic heterocycles. The SMILES string of the molecule is COc1cccc(SONc2cc(-c3n[nH]c4ccc(OC(C)C)cc34)ccn2)c1. The van der Waals surface area contributed by atoms with E-state index in [0.717, 1.165) is 38.6 Å². The van der Waals surface area contributed by atoms with Crippen molar-refractivity contribution in [3.8, 4) is 22.8 Å². The second kappa shape index (κ2) is 9.06. The van der Waals surface area contributed by atoms with Gasteiger partial charge in [0.2, 0.25) is 0 Å². The first-order valence-corrected chi connectivity index (χ1v) is 10.2. The molecule has 0 radical (unpaired) electrons. The summed E-state index contributed by atoms with van der Waals surface area (Å²) in [5, 5.41) is 8.53. The maximum Gasteiger partial charge on any atom is 0.151 e. The Labute approximate surface area is 178 Å². The fraction of sp³-hybridized carbons (Fsp3) is 0.182. The zero-order valence-electron chi connectivity index (χ0n) is 16.9. The molecule has 4 rings (SSSR count). The monoisotopic (exact) mass is 422 g/mol. The number of rotatable bonds is 8. The summed E-state index contributed by atoms with van der Waals surface area (Å²) < 4.78 is 16.6. The van der Waals surface area contributed by atoms with Crippen molar-refractivity contribution in [1.29, 1.82) is 0 Å². The summed E-state index contributed by atoms with van der Waals surface area (Å²) in [7, 11) is 1.63. The van der Waals surface area contributed by atoms with E-state index in [0.29, 0.717) is 5.82 Å². The van der Waals surface area contributed by atoms with Crippen LogP contribution in [0, 0.1) is 0 Å². The molecule has 0 fully saturated rings. The van der Waals surface area contributed by atoms with Crippen LogP contribution < -0.4 is 15.0 Å². The first kappa shape index (κ1) is 20.1. The quantitative estimate of drug-likeness (QED) is 0.288. The molecule has 0 spiro atoms. The topological polar surface area (TPSA) is 81.3 Å². The van der Waals surface area contributed by atoms with E-state index in [2.05, 4.69) is 20.7 Å². The van der Waals surface area contributed by atoms with Gasteiger partial charge in [-0.2, -0.15) is 9.38 Å². The Balaban J connectivity index is 1.50. The Morgan fingerprint density at radius 2 is 1.93 bits per heavy atom. The minimum Gasteiger partial charge on any atom is -0.497 e. The minimum atomic E-state index is 0.105. The third-order valence-corrected chi connectivity index (χ3v) is 4.88. The Morgan fingerprint density at radius 3 is 2.77 bits per heavy atom. The first-order valence-electron chi connectivity index (χ1n) is 9.47. The van der Waals surface area contributed by atoms with E-state index in [9.17, 15) is 0 Å². The van der Waals surface area contributed by atoms with Crippen molar-refractivity contribution in [3.05, 3.63) is 60.8 Å². The molecule has 0 aliphatic rings. The predicted molar refractivity (Wildman–Crippen MR) is 119 cm³/mol.